The van der Waals surface area contributed by atoms with E-state index in [2.05, 4.69) is 0 Å². The maximum atomic E-state index is 13.2. The molecule has 0 spiro atoms. The van der Waals surface area contributed by atoms with Gasteiger partial charge in [-0.25, -0.2) is 4.39 Å². The molecule has 1 aliphatic heterocycles. The third-order valence-corrected chi connectivity index (χ3v) is 3.84. The van der Waals surface area contributed by atoms with Gasteiger partial charge in [0.25, 0.3) is 0 Å². The zero-order chi connectivity index (χ0) is 15.4. The molecule has 1 heterocycles. The Balaban J connectivity index is 0.00000242. The highest BCUT2D eigenvalue weighted by Gasteiger charge is 2.25. The summed E-state index contributed by atoms with van der Waals surface area (Å²) in [5.74, 6) is -0.380. The predicted octanol–water partition coefficient (Wildman–Crippen LogP) is 2.93. The largest absolute Gasteiger partial charge is 0.370 e. The maximum Gasteiger partial charge on any atom is 0.222 e. The van der Waals surface area contributed by atoms with Crippen molar-refractivity contribution in [1.29, 1.82) is 0 Å². The molecule has 1 amide bonds. The molecular formula is C15H21Cl2FN2O2. The number of ether oxygens (including phenoxy) is 1. The van der Waals surface area contributed by atoms with Crippen LogP contribution in [0.1, 0.15) is 31.4 Å². The van der Waals surface area contributed by atoms with Gasteiger partial charge in [0.05, 0.1) is 18.2 Å². The molecule has 0 bridgehead atoms. The van der Waals surface area contributed by atoms with Crippen LogP contribution in [0, 0.1) is 5.82 Å². The van der Waals surface area contributed by atoms with E-state index in [0.717, 1.165) is 5.56 Å². The first-order chi connectivity index (χ1) is 9.97. The van der Waals surface area contributed by atoms with Gasteiger partial charge in [-0.05, 0) is 31.0 Å². The topological polar surface area (TPSA) is 55.6 Å². The fourth-order valence-electron chi connectivity index (χ4n) is 2.30. The van der Waals surface area contributed by atoms with E-state index < -0.39 is 5.82 Å². The number of morpholine rings is 1. The summed E-state index contributed by atoms with van der Waals surface area (Å²) in [4.78, 5) is 13.9. The quantitative estimate of drug-likeness (QED) is 0.908. The van der Waals surface area contributed by atoms with Crippen LogP contribution in [0.4, 0.5) is 4.39 Å². The van der Waals surface area contributed by atoms with Gasteiger partial charge in [-0.2, -0.15) is 0 Å². The van der Waals surface area contributed by atoms with Gasteiger partial charge in [-0.15, -0.1) is 12.4 Å². The smallest absolute Gasteiger partial charge is 0.222 e. The Bertz CT molecular complexity index is 514. The van der Waals surface area contributed by atoms with Gasteiger partial charge < -0.3 is 15.4 Å². The van der Waals surface area contributed by atoms with E-state index in [1.54, 1.807) is 17.0 Å². The lowest BCUT2D eigenvalue weighted by Gasteiger charge is -2.33. The third kappa shape index (κ3) is 5.09. The molecule has 4 nitrogen and oxygen atoms in total. The molecule has 1 aliphatic rings. The molecule has 124 valence electrons. The zero-order valence-electron chi connectivity index (χ0n) is 12.4. The maximum absolute atomic E-state index is 13.2. The zero-order valence-corrected chi connectivity index (χ0v) is 14.0. The highest BCUT2D eigenvalue weighted by Crippen LogP contribution is 2.26. The Morgan fingerprint density at radius 3 is 2.95 bits per heavy atom. The second-order valence-corrected chi connectivity index (χ2v) is 5.80. The summed E-state index contributed by atoms with van der Waals surface area (Å²) in [7, 11) is 0. The molecular weight excluding hydrogens is 330 g/mol. The van der Waals surface area contributed by atoms with Gasteiger partial charge in [-0.3, -0.25) is 4.79 Å². The molecule has 2 unspecified atom stereocenters. The second kappa shape index (κ2) is 8.67. The highest BCUT2D eigenvalue weighted by atomic mass is 35.5. The molecule has 1 saturated heterocycles. The van der Waals surface area contributed by atoms with Gasteiger partial charge >= 0.3 is 0 Å². The number of amides is 1. The number of nitrogens with two attached hydrogens (primary N) is 1. The minimum absolute atomic E-state index is 0. The lowest BCUT2D eigenvalue weighted by molar-refractivity contribution is -0.139. The standard InChI is InChI=1S/C15H20ClFN2O2.ClH/c1-10(18)2-5-15(20)19-6-7-21-14(9-19)11-3-4-13(17)12(16)8-11;/h3-4,8,10,14H,2,5-7,9,18H2,1H3;1H. The van der Waals surface area contributed by atoms with Gasteiger partial charge in [-0.1, -0.05) is 17.7 Å². The van der Waals surface area contributed by atoms with Crippen LogP contribution in [-0.2, 0) is 9.53 Å². The molecule has 22 heavy (non-hydrogen) atoms. The van der Waals surface area contributed by atoms with Crippen molar-refractivity contribution >= 4 is 29.9 Å². The monoisotopic (exact) mass is 350 g/mol. The van der Waals surface area contributed by atoms with Crippen LogP contribution in [0.15, 0.2) is 18.2 Å². The molecule has 2 N–H and O–H groups in total. The van der Waals surface area contributed by atoms with Crippen molar-refractivity contribution in [1.82, 2.24) is 4.90 Å². The van der Waals surface area contributed by atoms with Crippen LogP contribution in [0.25, 0.3) is 0 Å². The van der Waals surface area contributed by atoms with Crippen molar-refractivity contribution < 1.29 is 13.9 Å². The van der Waals surface area contributed by atoms with E-state index in [0.29, 0.717) is 32.5 Å². The fourth-order valence-corrected chi connectivity index (χ4v) is 2.49. The lowest BCUT2D eigenvalue weighted by atomic mass is 10.1. The van der Waals surface area contributed by atoms with Crippen molar-refractivity contribution in [3.8, 4) is 0 Å². The van der Waals surface area contributed by atoms with Crippen LogP contribution < -0.4 is 5.73 Å². The van der Waals surface area contributed by atoms with E-state index in [4.69, 9.17) is 22.1 Å². The SMILES string of the molecule is CC(N)CCC(=O)N1CCOC(c2ccc(F)c(Cl)c2)C1.Cl. The first kappa shape index (κ1) is 19.2. The van der Waals surface area contributed by atoms with Crippen LogP contribution in [0.5, 0.6) is 0 Å². The minimum atomic E-state index is -0.457. The molecule has 0 aliphatic carbocycles. The van der Waals surface area contributed by atoms with Gasteiger partial charge in [0.15, 0.2) is 0 Å². The Hall–Kier alpha value is -0.880. The third-order valence-electron chi connectivity index (χ3n) is 3.55. The first-order valence-corrected chi connectivity index (χ1v) is 7.45. The second-order valence-electron chi connectivity index (χ2n) is 5.39. The normalized spacial score (nSPS) is 19.5. The Morgan fingerprint density at radius 1 is 1.59 bits per heavy atom. The summed E-state index contributed by atoms with van der Waals surface area (Å²) in [5.41, 5.74) is 6.46. The van der Waals surface area contributed by atoms with Crippen molar-refractivity contribution in [2.24, 2.45) is 5.73 Å². The summed E-state index contributed by atoms with van der Waals surface area (Å²) in [5, 5.41) is 0.0662. The van der Waals surface area contributed by atoms with Crippen molar-refractivity contribution in [2.75, 3.05) is 19.7 Å². The number of hydrogen-bond donors (Lipinski definition) is 1. The Labute approximate surface area is 141 Å². The van der Waals surface area contributed by atoms with Gasteiger partial charge in [0.2, 0.25) is 5.91 Å². The summed E-state index contributed by atoms with van der Waals surface area (Å²) >= 11 is 5.79. The molecule has 2 rings (SSSR count). The number of carbonyl (C=O) groups is 1. The molecule has 2 atom stereocenters. The number of rotatable bonds is 4. The van der Waals surface area contributed by atoms with E-state index >= 15 is 0 Å². The summed E-state index contributed by atoms with van der Waals surface area (Å²) in [6.07, 6.45) is 0.841. The minimum Gasteiger partial charge on any atom is -0.370 e. The van der Waals surface area contributed by atoms with E-state index in [9.17, 15) is 9.18 Å². The molecule has 1 aromatic rings. The Morgan fingerprint density at radius 2 is 2.32 bits per heavy atom. The number of nitrogens with zero attached hydrogens (tertiary/aromatic N) is 1. The van der Waals surface area contributed by atoms with E-state index in [1.807, 2.05) is 6.92 Å². The van der Waals surface area contributed by atoms with Gasteiger partial charge in [0, 0.05) is 19.0 Å². The van der Waals surface area contributed by atoms with E-state index in [-0.39, 0.29) is 35.5 Å². The molecule has 1 fully saturated rings. The van der Waals surface area contributed by atoms with Gasteiger partial charge in [0.1, 0.15) is 11.9 Å². The number of hydrogen-bond acceptors (Lipinski definition) is 3. The van der Waals surface area contributed by atoms with Crippen molar-refractivity contribution in [3.05, 3.63) is 34.6 Å². The summed E-state index contributed by atoms with van der Waals surface area (Å²) < 4.78 is 18.9. The van der Waals surface area contributed by atoms with Crippen LogP contribution in [0.3, 0.4) is 0 Å². The molecule has 0 aromatic heterocycles. The van der Waals surface area contributed by atoms with Crippen LogP contribution >= 0.6 is 24.0 Å². The average molecular weight is 351 g/mol. The summed E-state index contributed by atoms with van der Waals surface area (Å²) in [6.45, 7) is 3.38. The number of halogens is 3. The van der Waals surface area contributed by atoms with Crippen LogP contribution in [0.2, 0.25) is 5.02 Å². The van der Waals surface area contributed by atoms with Crippen LogP contribution in [-0.4, -0.2) is 36.5 Å². The molecule has 0 radical (unpaired) electrons. The molecule has 1 aromatic carbocycles. The lowest BCUT2D eigenvalue weighted by Crippen LogP contribution is -2.42. The van der Waals surface area contributed by atoms with Crippen molar-refractivity contribution in [2.45, 2.75) is 31.9 Å². The molecule has 0 saturated carbocycles. The molecule has 7 heteroatoms. The number of benzene rings is 1. The number of carbonyl (C=O) groups excluding carboxylic acids is 1. The summed E-state index contributed by atoms with van der Waals surface area (Å²) in [6, 6.07) is 4.53. The highest BCUT2D eigenvalue weighted by molar-refractivity contribution is 6.30. The average Bonchev–Trinajstić information content (AvgIpc) is 2.47. The predicted molar refractivity (Wildman–Crippen MR) is 86.8 cm³/mol. The van der Waals surface area contributed by atoms with E-state index in [1.165, 1.54) is 6.07 Å². The Kier molecular flexibility index (Phi) is 7.56. The fraction of sp³-hybridized carbons (Fsp3) is 0.533. The first-order valence-electron chi connectivity index (χ1n) is 7.07. The van der Waals surface area contributed by atoms with Crippen molar-refractivity contribution in [3.63, 3.8) is 0 Å².